The summed E-state index contributed by atoms with van der Waals surface area (Å²) in [4.78, 5) is 51.0. The maximum absolute atomic E-state index is 12.5. The molecule has 3 amide bonds. The molecule has 0 radical (unpaired) electrons. The van der Waals surface area contributed by atoms with Crippen molar-refractivity contribution in [3.8, 4) is 0 Å². The van der Waals surface area contributed by atoms with Crippen molar-refractivity contribution < 1.29 is 19.3 Å². The van der Waals surface area contributed by atoms with E-state index in [4.69, 9.17) is 0 Å². The number of imide groups is 1. The van der Waals surface area contributed by atoms with E-state index in [1.165, 1.54) is 25.0 Å². The first kappa shape index (κ1) is 21.6. The molecule has 0 aromatic heterocycles. The van der Waals surface area contributed by atoms with Crippen LogP contribution in [0.15, 0.2) is 42.5 Å². The number of hydrogen-bond acceptors (Lipinski definition) is 6. The maximum Gasteiger partial charge on any atom is 0.270 e. The largest absolute Gasteiger partial charge is 0.325 e. The molecule has 1 N–H and O–H groups in total. The number of nitrogens with one attached hydrogen (secondary N) is 1. The molecule has 1 fully saturated rings. The van der Waals surface area contributed by atoms with Gasteiger partial charge in [-0.05, 0) is 55.6 Å². The number of nitrogens with zero attached hydrogens (tertiary/aromatic N) is 3. The molecule has 0 atom stereocenters. The van der Waals surface area contributed by atoms with Crippen LogP contribution >= 0.6 is 0 Å². The van der Waals surface area contributed by atoms with E-state index in [-0.39, 0.29) is 16.8 Å². The number of nitro benzene ring substituents is 1. The summed E-state index contributed by atoms with van der Waals surface area (Å²) < 4.78 is 0. The van der Waals surface area contributed by atoms with E-state index in [0.29, 0.717) is 5.69 Å². The molecule has 1 saturated heterocycles. The molecule has 2 aliphatic heterocycles. The molecule has 4 rings (SSSR count). The number of likely N-dealkylation sites (tertiary alicyclic amines) is 1. The first-order valence-corrected chi connectivity index (χ1v) is 10.6. The summed E-state index contributed by atoms with van der Waals surface area (Å²) in [5.74, 6) is -1.09. The quantitative estimate of drug-likeness (QED) is 0.423. The fourth-order valence-corrected chi connectivity index (χ4v) is 4.05. The third-order valence-electron chi connectivity index (χ3n) is 5.99. The highest BCUT2D eigenvalue weighted by Crippen LogP contribution is 2.27. The van der Waals surface area contributed by atoms with Crippen molar-refractivity contribution in [2.24, 2.45) is 5.92 Å². The van der Waals surface area contributed by atoms with Gasteiger partial charge in [0.05, 0.1) is 16.1 Å². The minimum Gasteiger partial charge on any atom is -0.325 e. The number of rotatable bonds is 6. The highest BCUT2D eigenvalue weighted by molar-refractivity contribution is 6.23. The average molecular weight is 436 g/mol. The summed E-state index contributed by atoms with van der Waals surface area (Å²) >= 11 is 0. The molecule has 0 saturated carbocycles. The lowest BCUT2D eigenvalue weighted by atomic mass is 9.99. The van der Waals surface area contributed by atoms with Crippen molar-refractivity contribution in [2.45, 2.75) is 26.3 Å². The van der Waals surface area contributed by atoms with Gasteiger partial charge in [-0.2, -0.15) is 0 Å². The van der Waals surface area contributed by atoms with E-state index in [0.717, 1.165) is 42.1 Å². The molecular weight excluding hydrogens is 412 g/mol. The summed E-state index contributed by atoms with van der Waals surface area (Å²) in [7, 11) is 0. The minimum absolute atomic E-state index is 0.0601. The van der Waals surface area contributed by atoms with Crippen LogP contribution in [-0.2, 0) is 11.3 Å². The molecule has 166 valence electrons. The number of hydrogen-bond donors (Lipinski definition) is 1. The van der Waals surface area contributed by atoms with Gasteiger partial charge in [0, 0.05) is 24.4 Å². The Balaban J connectivity index is 1.35. The normalized spacial score (nSPS) is 16.8. The van der Waals surface area contributed by atoms with Crippen molar-refractivity contribution in [1.29, 1.82) is 0 Å². The number of amides is 3. The van der Waals surface area contributed by atoms with E-state index in [2.05, 4.69) is 17.1 Å². The first-order valence-electron chi connectivity index (χ1n) is 10.6. The Bertz CT molecular complexity index is 1070. The van der Waals surface area contributed by atoms with Gasteiger partial charge in [0.15, 0.2) is 0 Å². The zero-order chi connectivity index (χ0) is 22.8. The van der Waals surface area contributed by atoms with Gasteiger partial charge in [-0.3, -0.25) is 34.3 Å². The SMILES string of the molecule is CC1CCN(Cc2ccc(NC(=O)CN3C(=O)c4ccc([N+](=O)[O-])cc4C3=O)cc2)CC1. The van der Waals surface area contributed by atoms with Crippen LogP contribution in [0.25, 0.3) is 0 Å². The Labute approximate surface area is 185 Å². The van der Waals surface area contributed by atoms with Gasteiger partial charge < -0.3 is 5.32 Å². The number of carbonyl (C=O) groups excluding carboxylic acids is 3. The van der Waals surface area contributed by atoms with E-state index in [1.807, 2.05) is 12.1 Å². The van der Waals surface area contributed by atoms with Crippen LogP contribution in [-0.4, -0.2) is 52.1 Å². The van der Waals surface area contributed by atoms with Crippen LogP contribution in [0, 0.1) is 16.0 Å². The third-order valence-corrected chi connectivity index (χ3v) is 5.99. The van der Waals surface area contributed by atoms with Crippen molar-refractivity contribution in [3.05, 3.63) is 69.3 Å². The molecule has 2 aromatic rings. The second-order valence-electron chi connectivity index (χ2n) is 8.39. The monoisotopic (exact) mass is 436 g/mol. The molecule has 2 aliphatic rings. The first-order chi connectivity index (χ1) is 15.3. The van der Waals surface area contributed by atoms with Gasteiger partial charge in [-0.1, -0.05) is 19.1 Å². The zero-order valence-electron chi connectivity index (χ0n) is 17.7. The number of fused-ring (bicyclic) bond motifs is 1. The van der Waals surface area contributed by atoms with Crippen LogP contribution in [0.4, 0.5) is 11.4 Å². The molecule has 2 aromatic carbocycles. The summed E-state index contributed by atoms with van der Waals surface area (Å²) in [6.45, 7) is 4.85. The van der Waals surface area contributed by atoms with Crippen LogP contribution in [0.2, 0.25) is 0 Å². The Morgan fingerprint density at radius 3 is 2.38 bits per heavy atom. The van der Waals surface area contributed by atoms with Gasteiger partial charge >= 0.3 is 0 Å². The van der Waals surface area contributed by atoms with Crippen molar-refractivity contribution >= 4 is 29.1 Å². The highest BCUT2D eigenvalue weighted by atomic mass is 16.6. The van der Waals surface area contributed by atoms with Gasteiger partial charge in [-0.25, -0.2) is 0 Å². The van der Waals surface area contributed by atoms with Crippen LogP contribution in [0.1, 0.15) is 46.0 Å². The molecule has 0 aliphatic carbocycles. The topological polar surface area (TPSA) is 113 Å². The van der Waals surface area contributed by atoms with Gasteiger partial charge in [-0.15, -0.1) is 0 Å². The summed E-state index contributed by atoms with van der Waals surface area (Å²) in [5, 5.41) is 13.6. The third kappa shape index (κ3) is 4.52. The molecule has 2 heterocycles. The molecule has 9 heteroatoms. The van der Waals surface area contributed by atoms with E-state index in [9.17, 15) is 24.5 Å². The number of anilines is 1. The lowest BCUT2D eigenvalue weighted by Crippen LogP contribution is -2.37. The minimum atomic E-state index is -0.713. The fourth-order valence-electron chi connectivity index (χ4n) is 4.05. The van der Waals surface area contributed by atoms with Crippen molar-refractivity contribution in [1.82, 2.24) is 9.80 Å². The van der Waals surface area contributed by atoms with Crippen LogP contribution < -0.4 is 5.32 Å². The van der Waals surface area contributed by atoms with Crippen LogP contribution in [0.5, 0.6) is 0 Å². The Hall–Kier alpha value is -3.59. The van der Waals surface area contributed by atoms with Gasteiger partial charge in [0.2, 0.25) is 5.91 Å². The molecule has 32 heavy (non-hydrogen) atoms. The number of non-ortho nitro benzene ring substituents is 1. The Kier molecular flexibility index (Phi) is 6.00. The summed E-state index contributed by atoms with van der Waals surface area (Å²) in [6.07, 6.45) is 2.42. The Morgan fingerprint density at radius 1 is 1.06 bits per heavy atom. The highest BCUT2D eigenvalue weighted by Gasteiger charge is 2.37. The molecule has 0 spiro atoms. The molecular formula is C23H24N4O5. The van der Waals surface area contributed by atoms with E-state index in [1.54, 1.807) is 12.1 Å². The number of nitro groups is 1. The van der Waals surface area contributed by atoms with Gasteiger partial charge in [0.25, 0.3) is 17.5 Å². The predicted octanol–water partition coefficient (Wildman–Crippen LogP) is 3.06. The van der Waals surface area contributed by atoms with Crippen molar-refractivity contribution in [3.63, 3.8) is 0 Å². The summed E-state index contributed by atoms with van der Waals surface area (Å²) in [6, 6.07) is 11.0. The summed E-state index contributed by atoms with van der Waals surface area (Å²) in [5.41, 5.74) is 1.44. The van der Waals surface area contributed by atoms with E-state index >= 15 is 0 Å². The smallest absolute Gasteiger partial charge is 0.270 e. The van der Waals surface area contributed by atoms with Crippen molar-refractivity contribution in [2.75, 3.05) is 25.0 Å². The second kappa shape index (κ2) is 8.88. The maximum atomic E-state index is 12.5. The van der Waals surface area contributed by atoms with Crippen LogP contribution in [0.3, 0.4) is 0 Å². The molecule has 9 nitrogen and oxygen atoms in total. The number of piperidine rings is 1. The standard InChI is InChI=1S/C23H24N4O5/c1-15-8-10-25(11-9-15)13-16-2-4-17(5-3-16)24-21(28)14-26-22(29)19-7-6-18(27(31)32)12-20(19)23(26)30/h2-7,12,15H,8-11,13-14H2,1H3,(H,24,28). The zero-order valence-corrected chi connectivity index (χ0v) is 17.7. The molecule has 0 unspecified atom stereocenters. The fraction of sp³-hybridized carbons (Fsp3) is 0.348. The van der Waals surface area contributed by atoms with Gasteiger partial charge in [0.1, 0.15) is 6.54 Å². The Morgan fingerprint density at radius 2 is 1.72 bits per heavy atom. The average Bonchev–Trinajstić information content (AvgIpc) is 3.01. The predicted molar refractivity (Wildman–Crippen MR) is 117 cm³/mol. The lowest BCUT2D eigenvalue weighted by molar-refractivity contribution is -0.384. The second-order valence-corrected chi connectivity index (χ2v) is 8.39. The van der Waals surface area contributed by atoms with E-state index < -0.39 is 29.2 Å². The number of carbonyl (C=O) groups is 3. The lowest BCUT2D eigenvalue weighted by Gasteiger charge is -2.30. The number of benzene rings is 2. The molecule has 0 bridgehead atoms.